The molecule has 0 aromatic carbocycles. The van der Waals surface area contributed by atoms with Crippen molar-refractivity contribution in [2.75, 3.05) is 6.61 Å². The molecule has 0 unspecified atom stereocenters. The van der Waals surface area contributed by atoms with Crippen LogP contribution < -0.4 is 61.2 Å². The number of aromatic carboxylic acids is 1. The van der Waals surface area contributed by atoms with E-state index in [9.17, 15) is 18.7 Å². The molecule has 0 fully saturated rings. The first-order chi connectivity index (χ1) is 8.49. The number of halogens is 2. The van der Waals surface area contributed by atoms with Crippen molar-refractivity contribution in [3.05, 3.63) is 35.7 Å². The Kier molecular flexibility index (Phi) is 5.94. The molecule has 2 aromatic heterocycles. The zero-order chi connectivity index (χ0) is 13.3. The number of rotatable bonds is 4. The summed E-state index contributed by atoms with van der Waals surface area (Å²) in [6.45, 7) is 0.907. The van der Waals surface area contributed by atoms with Gasteiger partial charge in [0.2, 0.25) is 0 Å². The van der Waals surface area contributed by atoms with Crippen LogP contribution >= 0.6 is 0 Å². The summed E-state index contributed by atoms with van der Waals surface area (Å²) in [5.74, 6) is -1.14. The summed E-state index contributed by atoms with van der Waals surface area (Å²) >= 11 is 0. The molecule has 0 saturated carbocycles. The van der Waals surface area contributed by atoms with Crippen molar-refractivity contribution in [3.8, 4) is 5.75 Å². The maximum absolute atomic E-state index is 12.0. The zero-order valence-electron chi connectivity index (χ0n) is 10.5. The van der Waals surface area contributed by atoms with E-state index in [1.807, 2.05) is 0 Å². The second kappa shape index (κ2) is 6.80. The van der Waals surface area contributed by atoms with Crippen molar-refractivity contribution in [1.82, 2.24) is 4.40 Å². The normalized spacial score (nSPS) is 10.5. The molecule has 0 aliphatic carbocycles. The van der Waals surface area contributed by atoms with Gasteiger partial charge >= 0.3 is 51.4 Å². The molecule has 2 aromatic rings. The largest absolute Gasteiger partial charge is 1.00 e. The van der Waals surface area contributed by atoms with Gasteiger partial charge in [-0.25, -0.2) is 8.78 Å². The van der Waals surface area contributed by atoms with Crippen molar-refractivity contribution >= 4 is 11.5 Å². The number of carboxylic acids is 1. The van der Waals surface area contributed by atoms with Crippen LogP contribution in [0.4, 0.5) is 8.78 Å². The van der Waals surface area contributed by atoms with E-state index in [2.05, 4.69) is 0 Å². The van der Waals surface area contributed by atoms with E-state index in [4.69, 9.17) is 4.74 Å². The fourth-order valence-corrected chi connectivity index (χ4v) is 1.79. The molecule has 0 amide bonds. The first-order valence-electron chi connectivity index (χ1n) is 5.23. The number of hydrogen-bond donors (Lipinski definition) is 0. The average Bonchev–Trinajstić information content (AvgIpc) is 2.61. The summed E-state index contributed by atoms with van der Waals surface area (Å²) < 4.78 is 30.2. The van der Waals surface area contributed by atoms with Crippen LogP contribution in [0, 0.1) is 6.92 Å². The number of aromatic nitrogens is 1. The SMILES string of the molecule is Cc1cc2ccc(OCC(F)F)cn2c1C(=O)[O-].[K+]. The molecule has 0 bridgehead atoms. The maximum atomic E-state index is 12.0. The van der Waals surface area contributed by atoms with Gasteiger partial charge in [-0.15, -0.1) is 0 Å². The van der Waals surface area contributed by atoms with Crippen LogP contribution in [0.5, 0.6) is 5.75 Å². The summed E-state index contributed by atoms with van der Waals surface area (Å²) in [5, 5.41) is 11.0. The van der Waals surface area contributed by atoms with Gasteiger partial charge < -0.3 is 19.0 Å². The molecule has 0 saturated heterocycles. The molecule has 2 heterocycles. The Morgan fingerprint density at radius 1 is 1.47 bits per heavy atom. The molecular weight excluding hydrogens is 283 g/mol. The predicted molar refractivity (Wildman–Crippen MR) is 58.0 cm³/mol. The molecular formula is C12H10F2KNO3. The van der Waals surface area contributed by atoms with Crippen molar-refractivity contribution < 1.29 is 74.8 Å². The molecule has 0 spiro atoms. The minimum Gasteiger partial charge on any atom is -0.543 e. The average molecular weight is 293 g/mol. The Hall–Kier alpha value is -0.474. The number of carbonyl (C=O) groups is 1. The predicted octanol–water partition coefficient (Wildman–Crippen LogP) is -1.74. The second-order valence-electron chi connectivity index (χ2n) is 3.83. The first-order valence-corrected chi connectivity index (χ1v) is 5.23. The summed E-state index contributed by atoms with van der Waals surface area (Å²) in [7, 11) is 0. The van der Waals surface area contributed by atoms with E-state index in [0.29, 0.717) is 11.1 Å². The molecule has 0 N–H and O–H groups in total. The number of carboxylic acid groups (broad SMARTS) is 1. The first kappa shape index (κ1) is 16.6. The van der Waals surface area contributed by atoms with Gasteiger partial charge in [0, 0.05) is 5.52 Å². The van der Waals surface area contributed by atoms with Crippen LogP contribution in [0.3, 0.4) is 0 Å². The standard InChI is InChI=1S/C12H11F2NO3.K/c1-7-4-8-2-3-9(18-6-10(13)14)5-15(8)11(7)12(16)17;/h2-5,10H,6H2,1H3,(H,16,17);/q;+1/p-1. The Morgan fingerprint density at radius 3 is 2.74 bits per heavy atom. The molecule has 7 heteroatoms. The van der Waals surface area contributed by atoms with Crippen LogP contribution in [0.25, 0.3) is 5.52 Å². The minimum atomic E-state index is -2.58. The molecule has 19 heavy (non-hydrogen) atoms. The van der Waals surface area contributed by atoms with E-state index in [-0.39, 0.29) is 62.8 Å². The third kappa shape index (κ3) is 3.76. The van der Waals surface area contributed by atoms with Gasteiger partial charge in [-0.05, 0) is 30.7 Å². The van der Waals surface area contributed by atoms with E-state index in [1.54, 1.807) is 19.1 Å². The fourth-order valence-electron chi connectivity index (χ4n) is 1.79. The van der Waals surface area contributed by atoms with Crippen molar-refractivity contribution in [2.45, 2.75) is 13.3 Å². The number of alkyl halides is 2. The number of carbonyl (C=O) groups excluding carboxylic acids is 1. The summed E-state index contributed by atoms with van der Waals surface area (Å²) in [5.41, 5.74) is 1.17. The van der Waals surface area contributed by atoms with E-state index in [0.717, 1.165) is 0 Å². The number of nitrogens with zero attached hydrogens (tertiary/aromatic N) is 1. The number of fused-ring (bicyclic) bond motifs is 1. The van der Waals surface area contributed by atoms with Gasteiger partial charge in [0.05, 0.1) is 17.9 Å². The van der Waals surface area contributed by atoms with Gasteiger partial charge in [0.15, 0.2) is 0 Å². The van der Waals surface area contributed by atoms with Crippen molar-refractivity contribution in [2.24, 2.45) is 0 Å². The quantitative estimate of drug-likeness (QED) is 0.629. The van der Waals surface area contributed by atoms with Crippen LogP contribution in [0.2, 0.25) is 0 Å². The molecule has 0 atom stereocenters. The number of ether oxygens (including phenoxy) is 1. The molecule has 0 radical (unpaired) electrons. The van der Waals surface area contributed by atoms with E-state index >= 15 is 0 Å². The van der Waals surface area contributed by atoms with Crippen LogP contribution in [0.1, 0.15) is 16.1 Å². The molecule has 0 aliphatic heterocycles. The van der Waals surface area contributed by atoms with Gasteiger partial charge in [-0.3, -0.25) is 0 Å². The smallest absolute Gasteiger partial charge is 0.543 e. The van der Waals surface area contributed by atoms with Crippen molar-refractivity contribution in [1.29, 1.82) is 0 Å². The topological polar surface area (TPSA) is 53.8 Å². The van der Waals surface area contributed by atoms with E-state index < -0.39 is 19.0 Å². The third-order valence-corrected chi connectivity index (χ3v) is 2.50. The van der Waals surface area contributed by atoms with Gasteiger partial charge in [-0.2, -0.15) is 0 Å². The summed E-state index contributed by atoms with van der Waals surface area (Å²) in [6, 6.07) is 4.78. The fraction of sp³-hybridized carbons (Fsp3) is 0.250. The molecule has 0 aliphatic rings. The van der Waals surface area contributed by atoms with Crippen molar-refractivity contribution in [3.63, 3.8) is 0 Å². The van der Waals surface area contributed by atoms with Crippen LogP contribution in [0.15, 0.2) is 24.4 Å². The van der Waals surface area contributed by atoms with Gasteiger partial charge in [0.25, 0.3) is 6.43 Å². The van der Waals surface area contributed by atoms with E-state index in [1.165, 1.54) is 16.7 Å². The monoisotopic (exact) mass is 293 g/mol. The Balaban J connectivity index is 0.00000180. The zero-order valence-corrected chi connectivity index (χ0v) is 13.6. The number of aryl methyl sites for hydroxylation is 1. The molecule has 96 valence electrons. The van der Waals surface area contributed by atoms with Gasteiger partial charge in [-0.1, -0.05) is 0 Å². The molecule has 4 nitrogen and oxygen atoms in total. The Bertz CT molecular complexity index is 598. The maximum Gasteiger partial charge on any atom is 1.00 e. The number of pyridine rings is 1. The van der Waals surface area contributed by atoms with Gasteiger partial charge in [0.1, 0.15) is 12.4 Å². The number of hydrogen-bond acceptors (Lipinski definition) is 3. The summed E-state index contributed by atoms with van der Waals surface area (Å²) in [6.07, 6.45) is -1.22. The second-order valence-corrected chi connectivity index (χ2v) is 3.83. The Labute approximate surface area is 150 Å². The van der Waals surface area contributed by atoms with Crippen LogP contribution in [-0.2, 0) is 0 Å². The molecule has 2 rings (SSSR count). The minimum absolute atomic E-state index is 0. The summed E-state index contributed by atoms with van der Waals surface area (Å²) in [4.78, 5) is 11.0. The Morgan fingerprint density at radius 2 is 2.16 bits per heavy atom. The third-order valence-electron chi connectivity index (χ3n) is 2.50. The van der Waals surface area contributed by atoms with Crippen LogP contribution in [-0.4, -0.2) is 23.4 Å².